The maximum absolute atomic E-state index is 12.1. The third-order valence-corrected chi connectivity index (χ3v) is 4.02. The van der Waals surface area contributed by atoms with Crippen LogP contribution in [0.2, 0.25) is 0 Å². The van der Waals surface area contributed by atoms with Gasteiger partial charge in [0.15, 0.2) is 5.78 Å². The van der Waals surface area contributed by atoms with E-state index in [2.05, 4.69) is 11.9 Å². The number of nitrogens with one attached hydrogen (secondary N) is 1. The van der Waals surface area contributed by atoms with Crippen LogP contribution in [0, 0.1) is 11.8 Å². The average Bonchev–Trinajstić information content (AvgIpc) is 2.82. The van der Waals surface area contributed by atoms with Crippen molar-refractivity contribution in [1.29, 1.82) is 0 Å². The number of hydrogen-bond donors (Lipinski definition) is 1. The van der Waals surface area contributed by atoms with E-state index in [1.807, 2.05) is 0 Å². The SMILES string of the molecule is C=C1C=CC(=O)N1CCC(=O)N[C@@H](C)C(=O)C[C@@H](C)C(=O)C(C)C. The predicted molar refractivity (Wildman–Crippen MR) is 90.8 cm³/mol. The lowest BCUT2D eigenvalue weighted by atomic mass is 9.91. The van der Waals surface area contributed by atoms with E-state index in [4.69, 9.17) is 0 Å². The first-order chi connectivity index (χ1) is 11.1. The Kier molecular flexibility index (Phi) is 7.07. The van der Waals surface area contributed by atoms with E-state index in [9.17, 15) is 19.2 Å². The molecule has 6 nitrogen and oxygen atoms in total. The Hall–Kier alpha value is -2.24. The molecule has 0 aliphatic carbocycles. The molecule has 0 saturated carbocycles. The maximum atomic E-state index is 12.1. The molecule has 2 amide bonds. The Labute approximate surface area is 143 Å². The highest BCUT2D eigenvalue weighted by atomic mass is 16.2. The number of carbonyl (C=O) groups excluding carboxylic acids is 4. The molecule has 0 aromatic carbocycles. The van der Waals surface area contributed by atoms with Gasteiger partial charge >= 0.3 is 0 Å². The van der Waals surface area contributed by atoms with E-state index in [0.717, 1.165) is 0 Å². The van der Waals surface area contributed by atoms with Gasteiger partial charge in [-0.2, -0.15) is 0 Å². The molecule has 132 valence electrons. The smallest absolute Gasteiger partial charge is 0.251 e. The summed E-state index contributed by atoms with van der Waals surface area (Å²) in [6.45, 7) is 10.9. The molecule has 0 spiro atoms. The third-order valence-electron chi connectivity index (χ3n) is 4.02. The number of nitrogens with zero attached hydrogens (tertiary/aromatic N) is 1. The Balaban J connectivity index is 2.40. The summed E-state index contributed by atoms with van der Waals surface area (Å²) in [5.74, 6) is -1.11. The van der Waals surface area contributed by atoms with Crippen molar-refractivity contribution in [3.63, 3.8) is 0 Å². The minimum absolute atomic E-state index is 0.0421. The summed E-state index contributed by atoms with van der Waals surface area (Å²) < 4.78 is 0. The van der Waals surface area contributed by atoms with Crippen molar-refractivity contribution < 1.29 is 19.2 Å². The van der Waals surface area contributed by atoms with Gasteiger partial charge in [-0.3, -0.25) is 19.2 Å². The zero-order valence-electron chi connectivity index (χ0n) is 14.8. The molecule has 0 fully saturated rings. The van der Waals surface area contributed by atoms with Crippen LogP contribution in [0.3, 0.4) is 0 Å². The van der Waals surface area contributed by atoms with Gasteiger partial charge in [0, 0.05) is 43.0 Å². The van der Waals surface area contributed by atoms with Crippen molar-refractivity contribution in [3.8, 4) is 0 Å². The number of allylic oxidation sites excluding steroid dienone is 1. The molecule has 0 unspecified atom stereocenters. The van der Waals surface area contributed by atoms with Crippen molar-refractivity contribution >= 4 is 23.4 Å². The lowest BCUT2D eigenvalue weighted by Crippen LogP contribution is -2.41. The number of hydrogen-bond acceptors (Lipinski definition) is 4. The molecule has 6 heteroatoms. The van der Waals surface area contributed by atoms with E-state index in [1.54, 1.807) is 33.8 Å². The van der Waals surface area contributed by atoms with Gasteiger partial charge in [0.2, 0.25) is 5.91 Å². The first-order valence-corrected chi connectivity index (χ1v) is 8.17. The number of Topliss-reactive ketones (excluding diaryl/α,β-unsaturated/α-hetero) is 2. The van der Waals surface area contributed by atoms with Crippen LogP contribution in [-0.4, -0.2) is 40.9 Å². The zero-order valence-corrected chi connectivity index (χ0v) is 14.8. The highest BCUT2D eigenvalue weighted by Gasteiger charge is 2.24. The molecule has 1 aliphatic heterocycles. The number of amides is 2. The normalized spacial score (nSPS) is 16.5. The zero-order chi connectivity index (χ0) is 18.4. The highest BCUT2D eigenvalue weighted by molar-refractivity contribution is 5.94. The van der Waals surface area contributed by atoms with Gasteiger partial charge in [-0.15, -0.1) is 0 Å². The number of ketones is 2. The van der Waals surface area contributed by atoms with E-state index >= 15 is 0 Å². The van der Waals surface area contributed by atoms with Gasteiger partial charge in [0.1, 0.15) is 5.78 Å². The van der Waals surface area contributed by atoms with Gasteiger partial charge in [-0.25, -0.2) is 0 Å². The lowest BCUT2D eigenvalue weighted by molar-refractivity contribution is -0.131. The summed E-state index contributed by atoms with van der Waals surface area (Å²) in [7, 11) is 0. The molecular weight excluding hydrogens is 308 g/mol. The van der Waals surface area contributed by atoms with Gasteiger partial charge in [0.25, 0.3) is 5.91 Å². The Morgan fingerprint density at radius 2 is 1.79 bits per heavy atom. The summed E-state index contributed by atoms with van der Waals surface area (Å²) in [6.07, 6.45) is 3.20. The van der Waals surface area contributed by atoms with Gasteiger partial charge < -0.3 is 10.2 Å². The van der Waals surface area contributed by atoms with Crippen molar-refractivity contribution in [2.75, 3.05) is 6.54 Å². The molecule has 0 bridgehead atoms. The summed E-state index contributed by atoms with van der Waals surface area (Å²) in [5.41, 5.74) is 0.554. The summed E-state index contributed by atoms with van der Waals surface area (Å²) in [5, 5.41) is 2.62. The van der Waals surface area contributed by atoms with Crippen LogP contribution in [0.5, 0.6) is 0 Å². The fraction of sp³-hybridized carbons (Fsp3) is 0.556. The monoisotopic (exact) mass is 334 g/mol. The summed E-state index contributed by atoms with van der Waals surface area (Å²) in [6, 6.07) is -0.657. The van der Waals surface area contributed by atoms with Crippen LogP contribution < -0.4 is 5.32 Å². The van der Waals surface area contributed by atoms with Crippen LogP contribution in [0.4, 0.5) is 0 Å². The standard InChI is InChI=1S/C18H26N2O4/c1-11(2)18(24)12(3)10-15(21)14(5)19-16(22)8-9-20-13(4)6-7-17(20)23/h6-7,11-12,14H,4,8-10H2,1-3,5H3,(H,19,22)/t12-,14+/m1/s1. The van der Waals surface area contributed by atoms with E-state index < -0.39 is 6.04 Å². The molecule has 0 saturated heterocycles. The van der Waals surface area contributed by atoms with Crippen LogP contribution in [0.15, 0.2) is 24.4 Å². The molecule has 2 atom stereocenters. The Morgan fingerprint density at radius 1 is 1.17 bits per heavy atom. The predicted octanol–water partition coefficient (Wildman–Crippen LogP) is 1.61. The lowest BCUT2D eigenvalue weighted by Gasteiger charge is -2.19. The van der Waals surface area contributed by atoms with Crippen molar-refractivity contribution in [2.45, 2.75) is 46.6 Å². The van der Waals surface area contributed by atoms with E-state index in [0.29, 0.717) is 5.70 Å². The fourth-order valence-corrected chi connectivity index (χ4v) is 2.50. The minimum Gasteiger partial charge on any atom is -0.347 e. The van der Waals surface area contributed by atoms with Gasteiger partial charge in [-0.05, 0) is 13.0 Å². The second-order valence-corrected chi connectivity index (χ2v) is 6.48. The molecule has 0 aromatic heterocycles. The molecule has 24 heavy (non-hydrogen) atoms. The fourth-order valence-electron chi connectivity index (χ4n) is 2.50. The minimum atomic E-state index is -0.657. The van der Waals surface area contributed by atoms with Crippen LogP contribution >= 0.6 is 0 Å². The largest absolute Gasteiger partial charge is 0.347 e. The molecule has 1 N–H and O–H groups in total. The van der Waals surface area contributed by atoms with Crippen molar-refractivity contribution in [2.24, 2.45) is 11.8 Å². The molecule has 0 radical (unpaired) electrons. The second-order valence-electron chi connectivity index (χ2n) is 6.48. The molecule has 1 heterocycles. The average molecular weight is 334 g/mol. The maximum Gasteiger partial charge on any atom is 0.251 e. The third kappa shape index (κ3) is 5.44. The Bertz CT molecular complexity index is 560. The summed E-state index contributed by atoms with van der Waals surface area (Å²) in [4.78, 5) is 48.8. The van der Waals surface area contributed by atoms with Crippen molar-refractivity contribution in [1.82, 2.24) is 10.2 Å². The van der Waals surface area contributed by atoms with Crippen LogP contribution in [-0.2, 0) is 19.2 Å². The van der Waals surface area contributed by atoms with Crippen LogP contribution in [0.25, 0.3) is 0 Å². The molecule has 0 aromatic rings. The number of carbonyl (C=O) groups is 4. The first-order valence-electron chi connectivity index (χ1n) is 8.17. The molecular formula is C18H26N2O4. The van der Waals surface area contributed by atoms with Crippen molar-refractivity contribution in [3.05, 3.63) is 24.4 Å². The van der Waals surface area contributed by atoms with Gasteiger partial charge in [0.05, 0.1) is 6.04 Å². The highest BCUT2D eigenvalue weighted by Crippen LogP contribution is 2.14. The van der Waals surface area contributed by atoms with Gasteiger partial charge in [-0.1, -0.05) is 27.4 Å². The Morgan fingerprint density at radius 3 is 2.29 bits per heavy atom. The number of rotatable bonds is 9. The second kappa shape index (κ2) is 8.57. The van der Waals surface area contributed by atoms with E-state index in [-0.39, 0.29) is 54.6 Å². The van der Waals surface area contributed by atoms with E-state index in [1.165, 1.54) is 11.0 Å². The molecule has 1 rings (SSSR count). The first kappa shape index (κ1) is 19.8. The summed E-state index contributed by atoms with van der Waals surface area (Å²) >= 11 is 0. The molecule has 1 aliphatic rings. The topological polar surface area (TPSA) is 83.6 Å². The van der Waals surface area contributed by atoms with Crippen LogP contribution in [0.1, 0.15) is 40.5 Å². The quantitative estimate of drug-likeness (QED) is 0.694.